The third-order valence-corrected chi connectivity index (χ3v) is 14.2. The minimum atomic E-state index is -3.91. The zero-order valence-corrected chi connectivity index (χ0v) is 32.8. The summed E-state index contributed by atoms with van der Waals surface area (Å²) in [5.74, 6) is -2.75. The molecule has 2 aromatic carbocycles. The van der Waals surface area contributed by atoms with E-state index in [0.717, 1.165) is 18.4 Å². The van der Waals surface area contributed by atoms with E-state index in [1.165, 1.54) is 27.2 Å². The van der Waals surface area contributed by atoms with Gasteiger partial charge >= 0.3 is 6.09 Å². The highest BCUT2D eigenvalue weighted by atomic mass is 35.5. The fourth-order valence-electron chi connectivity index (χ4n) is 7.86. The van der Waals surface area contributed by atoms with Crippen molar-refractivity contribution < 1.29 is 36.7 Å². The minimum absolute atomic E-state index is 0.0202. The Kier molecular flexibility index (Phi) is 10.6. The Balaban J connectivity index is 1.06. The van der Waals surface area contributed by atoms with Gasteiger partial charge in [-0.3, -0.25) is 24.0 Å². The van der Waals surface area contributed by atoms with Crippen LogP contribution in [0.2, 0.25) is 5.02 Å². The molecule has 296 valence electrons. The van der Waals surface area contributed by atoms with Crippen LogP contribution in [0.25, 0.3) is 11.3 Å². The van der Waals surface area contributed by atoms with Crippen molar-refractivity contribution in [2.24, 2.45) is 5.92 Å². The molecule has 0 radical (unpaired) electrons. The summed E-state index contributed by atoms with van der Waals surface area (Å²) in [5, 5.41) is 8.38. The molecular formula is C39H42ClFN6O7S2. The molecule has 3 fully saturated rings. The first kappa shape index (κ1) is 38.3. The molecule has 1 aromatic heterocycles. The van der Waals surface area contributed by atoms with E-state index in [0.29, 0.717) is 59.1 Å². The Bertz CT molecular complexity index is 2200. The van der Waals surface area contributed by atoms with E-state index in [2.05, 4.69) is 15.4 Å². The van der Waals surface area contributed by atoms with Crippen LogP contribution < -0.4 is 15.4 Å². The average molecular weight is 825 g/mol. The molecule has 56 heavy (non-hydrogen) atoms. The Morgan fingerprint density at radius 1 is 1.05 bits per heavy atom. The lowest BCUT2D eigenvalue weighted by Gasteiger charge is -2.29. The predicted molar refractivity (Wildman–Crippen MR) is 207 cm³/mol. The van der Waals surface area contributed by atoms with Crippen LogP contribution >= 0.6 is 22.9 Å². The van der Waals surface area contributed by atoms with E-state index in [1.54, 1.807) is 18.2 Å². The van der Waals surface area contributed by atoms with Crippen LogP contribution in [-0.4, -0.2) is 82.5 Å². The average Bonchev–Trinajstić information content (AvgIpc) is 3.97. The lowest BCUT2D eigenvalue weighted by atomic mass is 10.1. The Hall–Kier alpha value is -4.54. The summed E-state index contributed by atoms with van der Waals surface area (Å²) in [6.07, 6.45) is 6.65. The number of carbonyl (C=O) groups excluding carboxylic acids is 4. The standard InChI is InChI=1S/C39H42ClFN6O7S2/c40-29-12-7-6-11-27(29)32-22-55-37(43-32)42-31-14-5-3-1-2-4-10-24-18-39(24,36(50)45-56(52,53)26-15-16-26)44-34(48)33-17-25(20-47(33)35(31)49)54-38(51)46-19-23-9-8-13-30(41)28(23)21-46/h4,6-13,22,24-26,31,33H,1-3,5,14-21H2,(H,42,43)(H,44,48)(H,45,50)/b10-4-/t24-,25+,31-,33-,39+/m0/s1. The summed E-state index contributed by atoms with van der Waals surface area (Å²) in [6.45, 7) is 0.0568. The van der Waals surface area contributed by atoms with Gasteiger partial charge < -0.3 is 20.3 Å². The van der Waals surface area contributed by atoms with Gasteiger partial charge in [-0.1, -0.05) is 66.9 Å². The van der Waals surface area contributed by atoms with Crippen molar-refractivity contribution in [3.8, 4) is 11.3 Å². The molecule has 0 bridgehead atoms. The molecule has 1 saturated heterocycles. The maximum Gasteiger partial charge on any atom is 0.410 e. The number of fused-ring (bicyclic) bond motifs is 3. The van der Waals surface area contributed by atoms with E-state index in [1.807, 2.05) is 35.7 Å². The molecule has 2 aliphatic carbocycles. The van der Waals surface area contributed by atoms with Crippen molar-refractivity contribution in [3.05, 3.63) is 82.0 Å². The Morgan fingerprint density at radius 2 is 1.88 bits per heavy atom. The van der Waals surface area contributed by atoms with Crippen LogP contribution in [0.1, 0.15) is 68.9 Å². The predicted octanol–water partition coefficient (Wildman–Crippen LogP) is 5.51. The third-order valence-electron chi connectivity index (χ3n) is 11.2. The number of halogens is 2. The van der Waals surface area contributed by atoms with Gasteiger partial charge in [0.1, 0.15) is 29.5 Å². The number of nitrogens with one attached hydrogen (secondary N) is 3. The fourth-order valence-corrected chi connectivity index (χ4v) is 10.2. The number of aromatic nitrogens is 1. The lowest BCUT2D eigenvalue weighted by molar-refractivity contribution is -0.140. The summed E-state index contributed by atoms with van der Waals surface area (Å²) in [5.41, 5.74) is 0.932. The highest BCUT2D eigenvalue weighted by molar-refractivity contribution is 7.91. The first-order valence-corrected chi connectivity index (χ1v) is 21.8. The summed E-state index contributed by atoms with van der Waals surface area (Å²) < 4.78 is 48.3. The number of carbonyl (C=O) groups is 4. The van der Waals surface area contributed by atoms with Gasteiger partial charge in [-0.15, -0.1) is 11.3 Å². The van der Waals surface area contributed by atoms with Gasteiger partial charge in [-0.05, 0) is 56.2 Å². The highest BCUT2D eigenvalue weighted by Crippen LogP contribution is 2.46. The Morgan fingerprint density at radius 3 is 2.66 bits per heavy atom. The topological polar surface area (TPSA) is 167 Å². The van der Waals surface area contributed by atoms with Gasteiger partial charge in [0.15, 0.2) is 5.13 Å². The van der Waals surface area contributed by atoms with Crippen LogP contribution in [0.4, 0.5) is 14.3 Å². The Labute approximate surface area is 333 Å². The van der Waals surface area contributed by atoms with E-state index in [4.69, 9.17) is 21.3 Å². The number of sulfonamides is 1. The van der Waals surface area contributed by atoms with E-state index >= 15 is 0 Å². The van der Waals surface area contributed by atoms with Gasteiger partial charge in [0, 0.05) is 40.4 Å². The number of allylic oxidation sites excluding steroid dienone is 1. The van der Waals surface area contributed by atoms with Gasteiger partial charge in [0.05, 0.1) is 24.0 Å². The third kappa shape index (κ3) is 7.87. The first-order chi connectivity index (χ1) is 26.9. The number of thiazole rings is 1. The van der Waals surface area contributed by atoms with Crippen molar-refractivity contribution in [2.75, 3.05) is 11.9 Å². The summed E-state index contributed by atoms with van der Waals surface area (Å²) >= 11 is 7.75. The summed E-state index contributed by atoms with van der Waals surface area (Å²) in [7, 11) is -3.91. The molecule has 5 aliphatic rings. The van der Waals surface area contributed by atoms with E-state index in [9.17, 15) is 32.0 Å². The first-order valence-electron chi connectivity index (χ1n) is 19.0. The number of amides is 4. The normalized spacial score (nSPS) is 27.2. The molecule has 17 heteroatoms. The summed E-state index contributed by atoms with van der Waals surface area (Å²) in [4.78, 5) is 63.7. The molecule has 5 atom stereocenters. The van der Waals surface area contributed by atoms with Crippen molar-refractivity contribution in [1.29, 1.82) is 0 Å². The van der Waals surface area contributed by atoms with Gasteiger partial charge in [0.25, 0.3) is 5.91 Å². The molecular weight excluding hydrogens is 783 g/mol. The van der Waals surface area contributed by atoms with Gasteiger partial charge in [-0.2, -0.15) is 0 Å². The zero-order chi connectivity index (χ0) is 39.2. The van der Waals surface area contributed by atoms with E-state index < -0.39 is 74.5 Å². The van der Waals surface area contributed by atoms with Crippen LogP contribution in [0.3, 0.4) is 0 Å². The molecule has 13 nitrogen and oxygen atoms in total. The largest absolute Gasteiger partial charge is 0.444 e. The monoisotopic (exact) mass is 824 g/mol. The summed E-state index contributed by atoms with van der Waals surface area (Å²) in [6, 6.07) is 10.0. The van der Waals surface area contributed by atoms with Gasteiger partial charge in [-0.25, -0.2) is 22.6 Å². The number of rotatable bonds is 7. The van der Waals surface area contributed by atoms with Crippen molar-refractivity contribution in [3.63, 3.8) is 0 Å². The maximum atomic E-state index is 14.7. The SMILES string of the molecule is O=C1N[C@]2(C(=O)NS(=O)(=O)C3CC3)C[C@@H]2/C=C\CCCCC[C@H](Nc2nc(-c3ccccc3Cl)cs2)C(=O)N2C[C@H](OC(=O)N3Cc4cccc(F)c4C3)C[C@@H]12. The second-order valence-corrected chi connectivity index (χ2v) is 18.4. The minimum Gasteiger partial charge on any atom is -0.444 e. The zero-order valence-electron chi connectivity index (χ0n) is 30.4. The van der Waals surface area contributed by atoms with Crippen LogP contribution in [0.5, 0.6) is 0 Å². The highest BCUT2D eigenvalue weighted by Gasteiger charge is 2.62. The van der Waals surface area contributed by atoms with Crippen molar-refractivity contribution in [1.82, 2.24) is 24.8 Å². The molecule has 8 rings (SSSR count). The molecule has 3 aromatic rings. The number of anilines is 1. The van der Waals surface area contributed by atoms with Crippen molar-refractivity contribution >= 4 is 61.9 Å². The number of hydrogen-bond donors (Lipinski definition) is 3. The second-order valence-electron chi connectivity index (χ2n) is 15.2. The molecule has 0 spiro atoms. The molecule has 3 aliphatic heterocycles. The number of hydrogen-bond acceptors (Lipinski definition) is 10. The maximum absolute atomic E-state index is 14.7. The second kappa shape index (κ2) is 15.4. The molecule has 3 N–H and O–H groups in total. The van der Waals surface area contributed by atoms with Crippen LogP contribution in [0, 0.1) is 11.7 Å². The van der Waals surface area contributed by atoms with Gasteiger partial charge in [0.2, 0.25) is 21.8 Å². The molecule has 4 heterocycles. The number of ether oxygens (including phenoxy) is 1. The molecule has 2 saturated carbocycles. The fraction of sp³-hybridized carbons (Fsp3) is 0.462. The molecule has 4 amide bonds. The van der Waals surface area contributed by atoms with Crippen LogP contribution in [0.15, 0.2) is 60.0 Å². The van der Waals surface area contributed by atoms with Crippen LogP contribution in [-0.2, 0) is 42.2 Å². The lowest BCUT2D eigenvalue weighted by Crippen LogP contribution is -2.57. The molecule has 0 unspecified atom stereocenters. The number of nitrogens with zero attached hydrogens (tertiary/aromatic N) is 3. The smallest absolute Gasteiger partial charge is 0.410 e. The quantitative estimate of drug-likeness (QED) is 0.261. The van der Waals surface area contributed by atoms with Crippen molar-refractivity contribution in [2.45, 2.75) is 99.9 Å². The number of benzene rings is 2. The van der Waals surface area contributed by atoms with E-state index in [-0.39, 0.29) is 32.5 Å².